The van der Waals surface area contributed by atoms with Gasteiger partial charge in [0.15, 0.2) is 17.5 Å². The minimum absolute atomic E-state index is 0.278. The molecule has 3 N–H and O–H groups in total. The van der Waals surface area contributed by atoms with E-state index in [-0.39, 0.29) is 6.54 Å². The van der Waals surface area contributed by atoms with Gasteiger partial charge in [0, 0.05) is 25.4 Å². The molecule has 29 heavy (non-hydrogen) atoms. The smallest absolute Gasteiger partial charge is 0.203 e. The quantitative estimate of drug-likeness (QED) is 0.428. The molecule has 1 unspecified atom stereocenters. The molecule has 9 heteroatoms. The highest BCUT2D eigenvalue weighted by Crippen LogP contribution is 2.38. The van der Waals surface area contributed by atoms with Crippen molar-refractivity contribution in [3.8, 4) is 17.2 Å². The minimum atomic E-state index is -1.09. The van der Waals surface area contributed by atoms with Crippen molar-refractivity contribution in [2.45, 2.75) is 26.0 Å². The van der Waals surface area contributed by atoms with E-state index < -0.39 is 5.60 Å². The molecular weight excluding hydrogens is 374 g/mol. The number of rotatable bonds is 9. The lowest BCUT2D eigenvalue weighted by Gasteiger charge is -2.23. The SMILES string of the molecule is CCNC(=NCc1cc(OC)c(OC)c(OC)c1)NCC(C)(O)c1cnn(C)c1. The molecule has 0 saturated heterocycles. The predicted molar refractivity (Wildman–Crippen MR) is 112 cm³/mol. The van der Waals surface area contributed by atoms with Gasteiger partial charge in [0.2, 0.25) is 5.75 Å². The molecule has 9 nitrogen and oxygen atoms in total. The van der Waals surface area contributed by atoms with Crippen molar-refractivity contribution in [2.75, 3.05) is 34.4 Å². The largest absolute Gasteiger partial charge is 0.493 e. The molecule has 0 radical (unpaired) electrons. The van der Waals surface area contributed by atoms with E-state index in [1.165, 1.54) is 0 Å². The molecule has 0 amide bonds. The number of aromatic nitrogens is 2. The molecule has 0 aliphatic carbocycles. The number of methoxy groups -OCH3 is 3. The number of nitrogens with one attached hydrogen (secondary N) is 2. The van der Waals surface area contributed by atoms with Gasteiger partial charge in [-0.05, 0) is 31.5 Å². The van der Waals surface area contributed by atoms with E-state index in [1.54, 1.807) is 45.3 Å². The minimum Gasteiger partial charge on any atom is -0.493 e. The Bertz CT molecular complexity index is 807. The van der Waals surface area contributed by atoms with Crippen molar-refractivity contribution in [3.63, 3.8) is 0 Å². The molecule has 0 fully saturated rings. The van der Waals surface area contributed by atoms with Crippen molar-refractivity contribution in [3.05, 3.63) is 35.7 Å². The third-order valence-corrected chi connectivity index (χ3v) is 4.42. The zero-order valence-corrected chi connectivity index (χ0v) is 17.9. The van der Waals surface area contributed by atoms with Crippen molar-refractivity contribution in [1.82, 2.24) is 20.4 Å². The van der Waals surface area contributed by atoms with Crippen molar-refractivity contribution in [1.29, 1.82) is 0 Å². The van der Waals surface area contributed by atoms with Crippen LogP contribution in [0.15, 0.2) is 29.5 Å². The summed E-state index contributed by atoms with van der Waals surface area (Å²) in [6.07, 6.45) is 3.45. The summed E-state index contributed by atoms with van der Waals surface area (Å²) in [7, 11) is 6.54. The van der Waals surface area contributed by atoms with Crippen LogP contribution in [0, 0.1) is 0 Å². The van der Waals surface area contributed by atoms with Crippen LogP contribution in [0.4, 0.5) is 0 Å². The number of benzene rings is 1. The first-order chi connectivity index (χ1) is 13.8. The molecule has 160 valence electrons. The van der Waals surface area contributed by atoms with Crippen molar-refractivity contribution < 1.29 is 19.3 Å². The third-order valence-electron chi connectivity index (χ3n) is 4.42. The second-order valence-corrected chi connectivity index (χ2v) is 6.76. The number of aryl methyl sites for hydroxylation is 1. The van der Waals surface area contributed by atoms with E-state index in [0.29, 0.717) is 36.3 Å². The highest BCUT2D eigenvalue weighted by atomic mass is 16.5. The summed E-state index contributed by atoms with van der Waals surface area (Å²) in [4.78, 5) is 4.60. The Hall–Kier alpha value is -2.94. The van der Waals surface area contributed by atoms with E-state index in [4.69, 9.17) is 14.2 Å². The number of guanidine groups is 1. The molecule has 2 rings (SSSR count). The zero-order valence-electron chi connectivity index (χ0n) is 17.9. The van der Waals surface area contributed by atoms with E-state index in [1.807, 2.05) is 26.1 Å². The topological polar surface area (TPSA) is 102 Å². The van der Waals surface area contributed by atoms with Crippen LogP contribution in [-0.2, 0) is 19.2 Å². The summed E-state index contributed by atoms with van der Waals surface area (Å²) in [6.45, 7) is 5.08. The summed E-state index contributed by atoms with van der Waals surface area (Å²) >= 11 is 0. The summed E-state index contributed by atoms with van der Waals surface area (Å²) < 4.78 is 17.8. The predicted octanol–water partition coefficient (Wildman–Crippen LogP) is 1.41. The van der Waals surface area contributed by atoms with Gasteiger partial charge in [0.25, 0.3) is 0 Å². The Balaban J connectivity index is 2.14. The first kappa shape index (κ1) is 22.4. The third kappa shape index (κ3) is 5.77. The number of aliphatic imine (C=N–C) groups is 1. The maximum absolute atomic E-state index is 10.8. The van der Waals surface area contributed by atoms with E-state index in [9.17, 15) is 5.11 Å². The number of hydrogen-bond donors (Lipinski definition) is 3. The Morgan fingerprint density at radius 3 is 2.31 bits per heavy atom. The fourth-order valence-electron chi connectivity index (χ4n) is 2.80. The molecule has 0 aliphatic rings. The van der Waals surface area contributed by atoms with Gasteiger partial charge < -0.3 is 30.0 Å². The molecule has 0 spiro atoms. The second-order valence-electron chi connectivity index (χ2n) is 6.76. The average Bonchev–Trinajstić information content (AvgIpc) is 3.16. The monoisotopic (exact) mass is 405 g/mol. The molecule has 0 saturated carbocycles. The molecule has 2 aromatic rings. The van der Waals surface area contributed by atoms with Gasteiger partial charge in [0.05, 0.1) is 40.6 Å². The van der Waals surface area contributed by atoms with Crippen LogP contribution in [0.2, 0.25) is 0 Å². The molecular formula is C20H31N5O4. The zero-order chi connectivity index (χ0) is 21.4. The van der Waals surface area contributed by atoms with Gasteiger partial charge in [-0.15, -0.1) is 0 Å². The lowest BCUT2D eigenvalue weighted by molar-refractivity contribution is 0.0616. The maximum atomic E-state index is 10.8. The lowest BCUT2D eigenvalue weighted by Crippen LogP contribution is -2.44. The van der Waals surface area contributed by atoms with E-state index >= 15 is 0 Å². The first-order valence-electron chi connectivity index (χ1n) is 9.37. The fourth-order valence-corrected chi connectivity index (χ4v) is 2.80. The second kappa shape index (κ2) is 10.0. The highest BCUT2D eigenvalue weighted by Gasteiger charge is 2.25. The highest BCUT2D eigenvalue weighted by molar-refractivity contribution is 5.79. The summed E-state index contributed by atoms with van der Waals surface area (Å²) in [6, 6.07) is 3.72. The Kier molecular flexibility index (Phi) is 7.72. The molecule has 1 aromatic heterocycles. The van der Waals surface area contributed by atoms with E-state index in [2.05, 4.69) is 20.7 Å². The molecule has 1 aromatic carbocycles. The lowest BCUT2D eigenvalue weighted by atomic mass is 10.00. The van der Waals surface area contributed by atoms with Crippen LogP contribution in [0.1, 0.15) is 25.0 Å². The van der Waals surface area contributed by atoms with Crippen LogP contribution in [0.3, 0.4) is 0 Å². The van der Waals surface area contributed by atoms with Crippen molar-refractivity contribution >= 4 is 5.96 Å². The Morgan fingerprint density at radius 2 is 1.83 bits per heavy atom. The van der Waals surface area contributed by atoms with Crippen LogP contribution < -0.4 is 24.8 Å². The number of ether oxygens (including phenoxy) is 3. The van der Waals surface area contributed by atoms with Gasteiger partial charge in [-0.1, -0.05) is 0 Å². The summed E-state index contributed by atoms with van der Waals surface area (Å²) in [5.41, 5.74) is 0.542. The summed E-state index contributed by atoms with van der Waals surface area (Å²) in [5, 5.41) is 21.2. The molecule has 0 bridgehead atoms. The van der Waals surface area contributed by atoms with Crippen LogP contribution in [-0.4, -0.2) is 55.3 Å². The number of aliphatic hydroxyl groups is 1. The Morgan fingerprint density at radius 1 is 1.17 bits per heavy atom. The standard InChI is InChI=1S/C20H31N5O4/c1-7-21-19(23-13-20(2,26)15-11-24-25(3)12-15)22-10-14-8-16(27-4)18(29-6)17(9-14)28-5/h8-9,11-12,26H,7,10,13H2,1-6H3,(H2,21,22,23). The molecule has 1 heterocycles. The average molecular weight is 405 g/mol. The van der Waals surface area contributed by atoms with E-state index in [0.717, 1.165) is 11.1 Å². The van der Waals surface area contributed by atoms with Crippen molar-refractivity contribution in [2.24, 2.45) is 12.0 Å². The molecule has 0 aliphatic heterocycles. The van der Waals surface area contributed by atoms with Crippen LogP contribution in [0.25, 0.3) is 0 Å². The van der Waals surface area contributed by atoms with Gasteiger partial charge in [0.1, 0.15) is 5.60 Å². The first-order valence-corrected chi connectivity index (χ1v) is 9.37. The fraction of sp³-hybridized carbons (Fsp3) is 0.500. The number of nitrogens with zero attached hydrogens (tertiary/aromatic N) is 3. The van der Waals surface area contributed by atoms with Gasteiger partial charge >= 0.3 is 0 Å². The van der Waals surface area contributed by atoms with Gasteiger partial charge in [-0.3, -0.25) is 4.68 Å². The van der Waals surface area contributed by atoms with Crippen LogP contribution >= 0.6 is 0 Å². The summed E-state index contributed by atoms with van der Waals surface area (Å²) in [5.74, 6) is 2.29. The number of hydrogen-bond acceptors (Lipinski definition) is 6. The van der Waals surface area contributed by atoms with Crippen LogP contribution in [0.5, 0.6) is 17.2 Å². The normalized spacial score (nSPS) is 13.6. The van der Waals surface area contributed by atoms with Gasteiger partial charge in [-0.25, -0.2) is 4.99 Å². The maximum Gasteiger partial charge on any atom is 0.203 e. The van der Waals surface area contributed by atoms with Gasteiger partial charge in [-0.2, -0.15) is 5.10 Å². The Labute approximate surface area is 171 Å². The molecule has 1 atom stereocenters.